The topological polar surface area (TPSA) is 85.8 Å². The van der Waals surface area contributed by atoms with Crippen molar-refractivity contribution in [3.63, 3.8) is 0 Å². The molecule has 0 saturated carbocycles. The van der Waals surface area contributed by atoms with Gasteiger partial charge in [-0.1, -0.05) is 71.4 Å². The lowest BCUT2D eigenvalue weighted by Gasteiger charge is -2.27. The van der Waals surface area contributed by atoms with Gasteiger partial charge in [-0.15, -0.1) is 5.10 Å². The molecule has 2 heterocycles. The molecule has 2 aromatic carbocycles. The van der Waals surface area contributed by atoms with Crippen LogP contribution in [0.4, 0.5) is 5.95 Å². The van der Waals surface area contributed by atoms with Crippen LogP contribution in [0.1, 0.15) is 29.7 Å². The number of primary amides is 1. The molecule has 4 rings (SSSR count). The van der Waals surface area contributed by atoms with E-state index in [4.69, 9.17) is 17.3 Å². The quantitative estimate of drug-likeness (QED) is 0.595. The van der Waals surface area contributed by atoms with Crippen molar-refractivity contribution in [2.45, 2.75) is 30.8 Å². The summed E-state index contributed by atoms with van der Waals surface area (Å²) in [5.74, 6) is 0.750. The van der Waals surface area contributed by atoms with E-state index in [0.717, 1.165) is 16.7 Å². The minimum absolute atomic E-state index is 0.425. The fraction of sp³-hybridized carbons (Fsp3) is 0.190. The lowest BCUT2D eigenvalue weighted by molar-refractivity contribution is -0.115. The molecule has 29 heavy (non-hydrogen) atoms. The first-order valence-corrected chi connectivity index (χ1v) is 10.5. The highest BCUT2D eigenvalue weighted by Gasteiger charge is 2.33. The Labute approximate surface area is 178 Å². The summed E-state index contributed by atoms with van der Waals surface area (Å²) in [6.07, 6.45) is 0. The van der Waals surface area contributed by atoms with Crippen LogP contribution in [0.3, 0.4) is 0 Å². The maximum Gasteiger partial charge on any atom is 0.248 e. The van der Waals surface area contributed by atoms with Crippen LogP contribution in [0.25, 0.3) is 0 Å². The molecule has 1 aliphatic rings. The number of aromatic nitrogens is 3. The standard InChI is InChI=1S/C21H20ClN5OS/c1-12-7-9-14(10-8-12)18-17(19(23)28)13(2)24-20-25-21(26-27(18)20)29-11-15-5-3-4-6-16(15)22/h3-10,18H,11H2,1-2H3,(H2,23,28)(H,24,25,26)/t18-/m0/s1. The summed E-state index contributed by atoms with van der Waals surface area (Å²) in [5, 5.41) is 9.14. The Bertz CT molecular complexity index is 1110. The zero-order valence-corrected chi connectivity index (χ0v) is 17.6. The molecule has 0 unspecified atom stereocenters. The molecule has 0 aliphatic carbocycles. The molecular formula is C21H20ClN5OS. The number of allylic oxidation sites excluding steroid dienone is 1. The first kappa shape index (κ1) is 19.5. The third kappa shape index (κ3) is 3.88. The molecule has 148 valence electrons. The predicted octanol–water partition coefficient (Wildman–Crippen LogP) is 4.31. The highest BCUT2D eigenvalue weighted by atomic mass is 35.5. The van der Waals surface area contributed by atoms with Gasteiger partial charge in [-0.05, 0) is 31.0 Å². The second-order valence-corrected chi connectivity index (χ2v) is 8.23. The summed E-state index contributed by atoms with van der Waals surface area (Å²) < 4.78 is 1.73. The summed E-state index contributed by atoms with van der Waals surface area (Å²) in [4.78, 5) is 16.8. The van der Waals surface area contributed by atoms with Crippen LogP contribution in [-0.4, -0.2) is 20.7 Å². The Hall–Kier alpha value is -2.77. The summed E-state index contributed by atoms with van der Waals surface area (Å²) >= 11 is 7.74. The number of nitrogens with one attached hydrogen (secondary N) is 1. The number of hydrogen-bond acceptors (Lipinski definition) is 5. The molecule has 0 saturated heterocycles. The summed E-state index contributed by atoms with van der Waals surface area (Å²) in [5.41, 5.74) is 9.96. The van der Waals surface area contributed by atoms with Crippen molar-refractivity contribution in [1.82, 2.24) is 14.8 Å². The van der Waals surface area contributed by atoms with Gasteiger partial charge in [0.05, 0.1) is 5.57 Å². The van der Waals surface area contributed by atoms with E-state index in [1.807, 2.05) is 62.4 Å². The number of carbonyl (C=O) groups is 1. The van der Waals surface area contributed by atoms with Crippen molar-refractivity contribution in [2.75, 3.05) is 5.32 Å². The van der Waals surface area contributed by atoms with E-state index in [1.165, 1.54) is 11.8 Å². The molecule has 0 radical (unpaired) electrons. The minimum atomic E-state index is -0.480. The lowest BCUT2D eigenvalue weighted by atomic mass is 9.95. The lowest BCUT2D eigenvalue weighted by Crippen LogP contribution is -2.31. The predicted molar refractivity (Wildman–Crippen MR) is 116 cm³/mol. The Morgan fingerprint density at radius 3 is 2.62 bits per heavy atom. The van der Waals surface area contributed by atoms with Crippen LogP contribution >= 0.6 is 23.4 Å². The van der Waals surface area contributed by atoms with Crippen LogP contribution in [0, 0.1) is 6.92 Å². The first-order valence-electron chi connectivity index (χ1n) is 9.11. The molecular weight excluding hydrogens is 406 g/mol. The highest BCUT2D eigenvalue weighted by Crippen LogP contribution is 2.36. The first-order chi connectivity index (χ1) is 13.9. The van der Waals surface area contributed by atoms with Gasteiger partial charge in [0.15, 0.2) is 0 Å². The molecule has 0 bridgehead atoms. The Balaban J connectivity index is 1.69. The monoisotopic (exact) mass is 425 g/mol. The number of hydrogen-bond donors (Lipinski definition) is 2. The summed E-state index contributed by atoms with van der Waals surface area (Å²) in [6, 6.07) is 15.3. The average Bonchev–Trinajstić information content (AvgIpc) is 3.09. The SMILES string of the molecule is CC1=C(C(N)=O)[C@H](c2ccc(C)cc2)n2nc(SCc3ccccc3Cl)nc2N1. The van der Waals surface area contributed by atoms with Crippen molar-refractivity contribution in [1.29, 1.82) is 0 Å². The number of amides is 1. The fourth-order valence-corrected chi connectivity index (χ4v) is 4.44. The van der Waals surface area contributed by atoms with Gasteiger partial charge in [0.2, 0.25) is 17.0 Å². The second kappa shape index (κ2) is 7.93. The van der Waals surface area contributed by atoms with Gasteiger partial charge in [-0.3, -0.25) is 4.79 Å². The largest absolute Gasteiger partial charge is 0.366 e. The maximum atomic E-state index is 12.2. The smallest absolute Gasteiger partial charge is 0.248 e. The molecule has 0 fully saturated rings. The van der Waals surface area contributed by atoms with Gasteiger partial charge in [0, 0.05) is 16.5 Å². The van der Waals surface area contributed by atoms with E-state index in [2.05, 4.69) is 15.4 Å². The Kier molecular flexibility index (Phi) is 5.34. The Morgan fingerprint density at radius 1 is 1.21 bits per heavy atom. The molecule has 3 aromatic rings. The molecule has 1 atom stereocenters. The highest BCUT2D eigenvalue weighted by molar-refractivity contribution is 7.98. The zero-order chi connectivity index (χ0) is 20.5. The summed E-state index contributed by atoms with van der Waals surface area (Å²) in [6.45, 7) is 3.85. The zero-order valence-electron chi connectivity index (χ0n) is 16.0. The van der Waals surface area contributed by atoms with Crippen molar-refractivity contribution in [3.8, 4) is 0 Å². The molecule has 1 amide bonds. The average molecular weight is 426 g/mol. The molecule has 1 aliphatic heterocycles. The Morgan fingerprint density at radius 2 is 1.93 bits per heavy atom. The number of carbonyl (C=O) groups excluding carboxylic acids is 1. The minimum Gasteiger partial charge on any atom is -0.366 e. The van der Waals surface area contributed by atoms with Crippen molar-refractivity contribution < 1.29 is 4.79 Å². The van der Waals surface area contributed by atoms with Crippen LogP contribution in [-0.2, 0) is 10.5 Å². The van der Waals surface area contributed by atoms with Gasteiger partial charge >= 0.3 is 0 Å². The number of rotatable bonds is 5. The number of fused-ring (bicyclic) bond motifs is 1. The number of benzene rings is 2. The third-order valence-corrected chi connectivity index (χ3v) is 6.06. The van der Waals surface area contributed by atoms with Gasteiger partial charge in [-0.2, -0.15) is 4.98 Å². The van der Waals surface area contributed by atoms with Crippen LogP contribution in [0.2, 0.25) is 5.02 Å². The normalized spacial score (nSPS) is 15.8. The van der Waals surface area contributed by atoms with Crippen LogP contribution in [0.15, 0.2) is 65.0 Å². The number of halogens is 1. The van der Waals surface area contributed by atoms with Crippen molar-refractivity contribution in [3.05, 3.63) is 81.5 Å². The molecule has 6 nitrogen and oxygen atoms in total. The maximum absolute atomic E-state index is 12.2. The van der Waals surface area contributed by atoms with E-state index < -0.39 is 11.9 Å². The number of thioether (sulfide) groups is 1. The van der Waals surface area contributed by atoms with E-state index >= 15 is 0 Å². The van der Waals surface area contributed by atoms with E-state index in [-0.39, 0.29) is 0 Å². The van der Waals surface area contributed by atoms with Crippen LogP contribution in [0.5, 0.6) is 0 Å². The molecule has 0 spiro atoms. The number of aryl methyl sites for hydroxylation is 1. The molecule has 1 aromatic heterocycles. The van der Waals surface area contributed by atoms with Gasteiger partial charge < -0.3 is 11.1 Å². The van der Waals surface area contributed by atoms with E-state index in [9.17, 15) is 4.79 Å². The van der Waals surface area contributed by atoms with Crippen molar-refractivity contribution in [2.24, 2.45) is 5.73 Å². The van der Waals surface area contributed by atoms with Crippen molar-refractivity contribution >= 4 is 35.2 Å². The van der Waals surface area contributed by atoms with Gasteiger partial charge in [-0.25, -0.2) is 4.68 Å². The number of nitrogens with two attached hydrogens (primary N) is 1. The van der Waals surface area contributed by atoms with Crippen LogP contribution < -0.4 is 11.1 Å². The third-order valence-electron chi connectivity index (χ3n) is 4.81. The molecule has 3 N–H and O–H groups in total. The van der Waals surface area contributed by atoms with E-state index in [0.29, 0.717) is 33.2 Å². The number of anilines is 1. The fourth-order valence-electron chi connectivity index (χ4n) is 3.33. The van der Waals surface area contributed by atoms with E-state index in [1.54, 1.807) is 4.68 Å². The molecule has 8 heteroatoms. The summed E-state index contributed by atoms with van der Waals surface area (Å²) in [7, 11) is 0. The van der Waals surface area contributed by atoms with Gasteiger partial charge in [0.1, 0.15) is 6.04 Å². The number of nitrogens with zero attached hydrogens (tertiary/aromatic N) is 3. The second-order valence-electron chi connectivity index (χ2n) is 6.88. The van der Waals surface area contributed by atoms with Gasteiger partial charge in [0.25, 0.3) is 0 Å².